The summed E-state index contributed by atoms with van der Waals surface area (Å²) in [5, 5.41) is 5.61. The average Bonchev–Trinajstić information content (AvgIpc) is 2.09. The minimum absolute atomic E-state index is 0.303. The maximum Gasteiger partial charge on any atom is 0.319 e. The third kappa shape index (κ3) is 2.95. The highest BCUT2D eigenvalue weighted by Crippen LogP contribution is 2.19. The second-order valence-corrected chi connectivity index (χ2v) is 2.77. The number of rotatable bonds is 2. The predicted octanol–water partition coefficient (Wildman–Crippen LogP) is 2.30. The van der Waals surface area contributed by atoms with Crippen LogP contribution in [0.3, 0.4) is 0 Å². The lowest BCUT2D eigenvalue weighted by molar-refractivity contribution is 0.253. The number of benzene rings is 1. The molecule has 1 aromatic carbocycles. The van der Waals surface area contributed by atoms with Gasteiger partial charge in [-0.1, -0.05) is 23.7 Å². The molecule has 1 aromatic rings. The first-order valence-corrected chi connectivity index (χ1v) is 4.20. The molecule has 4 heteroatoms. The van der Waals surface area contributed by atoms with Crippen molar-refractivity contribution in [2.45, 2.75) is 0 Å². The highest BCUT2D eigenvalue weighted by molar-refractivity contribution is 6.33. The minimum atomic E-state index is -0.303. The Labute approximate surface area is 82.1 Å². The Kier molecular flexibility index (Phi) is 3.58. The number of halogens is 1. The second kappa shape index (κ2) is 4.72. The van der Waals surface area contributed by atoms with Gasteiger partial charge in [-0.25, -0.2) is 4.79 Å². The van der Waals surface area contributed by atoms with Crippen LogP contribution in [0.25, 0.3) is 0 Å². The molecule has 2 N–H and O–H groups in total. The van der Waals surface area contributed by atoms with Crippen LogP contribution >= 0.6 is 11.6 Å². The van der Waals surface area contributed by atoms with Crippen LogP contribution in [0.15, 0.2) is 24.3 Å². The summed E-state index contributed by atoms with van der Waals surface area (Å²) in [6.45, 7) is 3.83. The molecule has 69 valence electrons. The number of carbonyl (C=O) groups excluding carboxylic acids is 1. The van der Waals surface area contributed by atoms with E-state index in [0.717, 1.165) is 0 Å². The summed E-state index contributed by atoms with van der Waals surface area (Å²) in [5.41, 5.74) is 0.593. The molecule has 0 saturated heterocycles. The summed E-state index contributed by atoms with van der Waals surface area (Å²) in [6.07, 6.45) is 0. The normalized spacial score (nSPS) is 9.38. The van der Waals surface area contributed by atoms with E-state index in [-0.39, 0.29) is 6.03 Å². The number of hydrogen-bond acceptors (Lipinski definition) is 1. The van der Waals surface area contributed by atoms with Gasteiger partial charge in [0.1, 0.15) is 0 Å². The predicted molar refractivity (Wildman–Crippen MR) is 53.8 cm³/mol. The Bertz CT molecular complexity index is 301. The van der Waals surface area contributed by atoms with Gasteiger partial charge in [0, 0.05) is 6.54 Å². The zero-order valence-corrected chi connectivity index (χ0v) is 7.77. The molecule has 1 rings (SSSR count). The highest BCUT2D eigenvalue weighted by Gasteiger charge is 2.02. The molecule has 0 atom stereocenters. The van der Waals surface area contributed by atoms with Crippen LogP contribution in [0.4, 0.5) is 10.5 Å². The van der Waals surface area contributed by atoms with E-state index >= 15 is 0 Å². The average molecular weight is 198 g/mol. The van der Waals surface area contributed by atoms with Crippen molar-refractivity contribution in [3.8, 4) is 0 Å². The number of nitrogens with one attached hydrogen (secondary N) is 2. The molecule has 0 fully saturated rings. The summed E-state index contributed by atoms with van der Waals surface area (Å²) < 4.78 is 0. The zero-order valence-electron chi connectivity index (χ0n) is 7.01. The van der Waals surface area contributed by atoms with Crippen LogP contribution in [-0.4, -0.2) is 12.6 Å². The minimum Gasteiger partial charge on any atom is -0.338 e. The van der Waals surface area contributed by atoms with Gasteiger partial charge in [0.15, 0.2) is 0 Å². The molecule has 2 amide bonds. The third-order valence-electron chi connectivity index (χ3n) is 1.41. The fraction of sp³-hybridized carbons (Fsp3) is 0.111. The third-order valence-corrected chi connectivity index (χ3v) is 1.74. The van der Waals surface area contributed by atoms with E-state index in [1.807, 2.05) is 0 Å². The second-order valence-electron chi connectivity index (χ2n) is 2.36. The van der Waals surface area contributed by atoms with Gasteiger partial charge in [-0.15, -0.1) is 0 Å². The number of hydrogen-bond donors (Lipinski definition) is 2. The maximum atomic E-state index is 11.0. The summed E-state index contributed by atoms with van der Waals surface area (Å²) >= 11 is 5.81. The summed E-state index contributed by atoms with van der Waals surface area (Å²) in [4.78, 5) is 11.0. The van der Waals surface area contributed by atoms with Crippen molar-refractivity contribution in [3.05, 3.63) is 36.2 Å². The first-order valence-electron chi connectivity index (χ1n) is 3.82. The van der Waals surface area contributed by atoms with Crippen molar-refractivity contribution in [1.29, 1.82) is 0 Å². The Morgan fingerprint density at radius 2 is 2.15 bits per heavy atom. The van der Waals surface area contributed by atoms with Crippen LogP contribution in [0, 0.1) is 6.92 Å². The zero-order chi connectivity index (χ0) is 9.68. The lowest BCUT2D eigenvalue weighted by Crippen LogP contribution is -2.28. The van der Waals surface area contributed by atoms with Crippen molar-refractivity contribution in [2.75, 3.05) is 11.9 Å². The summed E-state index contributed by atoms with van der Waals surface area (Å²) in [7, 11) is 0. The largest absolute Gasteiger partial charge is 0.338 e. The van der Waals surface area contributed by atoms with Gasteiger partial charge in [-0.05, 0) is 19.1 Å². The van der Waals surface area contributed by atoms with Crippen molar-refractivity contribution in [2.24, 2.45) is 0 Å². The fourth-order valence-corrected chi connectivity index (χ4v) is 1.03. The van der Waals surface area contributed by atoms with Crippen molar-refractivity contribution in [1.82, 2.24) is 5.32 Å². The van der Waals surface area contributed by atoms with Gasteiger partial charge in [-0.3, -0.25) is 0 Å². The molecular weight excluding hydrogens is 188 g/mol. The molecule has 0 heterocycles. The SMILES string of the molecule is [CH2]CNC(=O)Nc1ccccc1Cl. The van der Waals surface area contributed by atoms with Crippen molar-refractivity contribution >= 4 is 23.3 Å². The van der Waals surface area contributed by atoms with Crippen molar-refractivity contribution in [3.63, 3.8) is 0 Å². The van der Waals surface area contributed by atoms with E-state index in [0.29, 0.717) is 17.3 Å². The molecule has 0 aliphatic heterocycles. The molecule has 3 nitrogen and oxygen atoms in total. The topological polar surface area (TPSA) is 41.1 Å². The first-order chi connectivity index (χ1) is 6.24. The van der Waals surface area contributed by atoms with Crippen molar-refractivity contribution < 1.29 is 4.79 Å². The van der Waals surface area contributed by atoms with Gasteiger partial charge >= 0.3 is 6.03 Å². The quantitative estimate of drug-likeness (QED) is 0.751. The smallest absolute Gasteiger partial charge is 0.319 e. The molecule has 0 aliphatic carbocycles. The van der Waals surface area contributed by atoms with Gasteiger partial charge < -0.3 is 10.6 Å². The molecule has 0 spiro atoms. The highest BCUT2D eigenvalue weighted by atomic mass is 35.5. The molecule has 1 radical (unpaired) electrons. The van der Waals surface area contributed by atoms with Gasteiger partial charge in [-0.2, -0.15) is 0 Å². The number of carbonyl (C=O) groups is 1. The van der Waals surface area contributed by atoms with E-state index in [4.69, 9.17) is 11.6 Å². The van der Waals surface area contributed by atoms with Gasteiger partial charge in [0.2, 0.25) is 0 Å². The first kappa shape index (κ1) is 9.86. The van der Waals surface area contributed by atoms with Gasteiger partial charge in [0.25, 0.3) is 0 Å². The number of amides is 2. The lowest BCUT2D eigenvalue weighted by Gasteiger charge is -2.06. The number of para-hydroxylation sites is 1. The number of anilines is 1. The Morgan fingerprint density at radius 1 is 1.46 bits per heavy atom. The Morgan fingerprint density at radius 3 is 2.77 bits per heavy atom. The molecule has 0 bridgehead atoms. The molecule has 0 aromatic heterocycles. The Balaban J connectivity index is 2.63. The van der Waals surface area contributed by atoms with Crippen LogP contribution in [-0.2, 0) is 0 Å². The summed E-state index contributed by atoms with van der Waals surface area (Å²) in [5.74, 6) is 0. The molecule has 0 saturated carbocycles. The van der Waals surface area contributed by atoms with E-state index in [1.165, 1.54) is 0 Å². The van der Waals surface area contributed by atoms with Crippen LogP contribution in [0.1, 0.15) is 0 Å². The molecule has 13 heavy (non-hydrogen) atoms. The van der Waals surface area contributed by atoms with E-state index < -0.39 is 0 Å². The Hall–Kier alpha value is -1.22. The van der Waals surface area contributed by atoms with Crippen LogP contribution < -0.4 is 10.6 Å². The summed E-state index contributed by atoms with van der Waals surface area (Å²) in [6, 6.07) is 6.73. The molecule has 0 aliphatic rings. The van der Waals surface area contributed by atoms with E-state index in [2.05, 4.69) is 17.6 Å². The number of urea groups is 1. The molecule has 0 unspecified atom stereocenters. The fourth-order valence-electron chi connectivity index (χ4n) is 0.843. The van der Waals surface area contributed by atoms with E-state index in [1.54, 1.807) is 24.3 Å². The monoisotopic (exact) mass is 197 g/mol. The lowest BCUT2D eigenvalue weighted by atomic mass is 10.3. The van der Waals surface area contributed by atoms with Crippen LogP contribution in [0.2, 0.25) is 5.02 Å². The van der Waals surface area contributed by atoms with Crippen LogP contribution in [0.5, 0.6) is 0 Å². The standard InChI is InChI=1S/C9H10ClN2O/c1-2-11-9(13)12-8-6-4-3-5-7(8)10/h3-6H,1-2H2,(H2,11,12,13). The van der Waals surface area contributed by atoms with Gasteiger partial charge in [0.05, 0.1) is 10.7 Å². The molecular formula is C9H10ClN2O. The van der Waals surface area contributed by atoms with E-state index in [9.17, 15) is 4.79 Å². The maximum absolute atomic E-state index is 11.0.